The highest BCUT2D eigenvalue weighted by Gasteiger charge is 2.63. The molecule has 0 atom stereocenters. The highest BCUT2D eigenvalue weighted by molar-refractivity contribution is 7.84. The predicted molar refractivity (Wildman–Crippen MR) is 89.5 cm³/mol. The van der Waals surface area contributed by atoms with Crippen molar-refractivity contribution in [3.8, 4) is 0 Å². The van der Waals surface area contributed by atoms with E-state index in [0.29, 0.717) is 0 Å². The van der Waals surface area contributed by atoms with Crippen LogP contribution in [0.1, 0.15) is 0 Å². The van der Waals surface area contributed by atoms with Gasteiger partial charge in [-0.25, -0.2) is 0 Å². The van der Waals surface area contributed by atoms with Crippen LogP contribution >= 0.6 is 30.7 Å². The van der Waals surface area contributed by atoms with E-state index in [2.05, 4.69) is 0 Å². The molecular formula is C8H24N4O8P4. The van der Waals surface area contributed by atoms with Crippen LogP contribution in [-0.4, -0.2) is 74.4 Å². The van der Waals surface area contributed by atoms with Crippen molar-refractivity contribution in [2.45, 2.75) is 0 Å². The van der Waals surface area contributed by atoms with Crippen molar-refractivity contribution in [3.05, 3.63) is 0 Å². The SMILES string of the molecule is COP1(=O)N(C)P(=O)(OC)N(C)P(=O)(OC)N(C)P(=O)(OC)N1C. The minimum atomic E-state index is -4.13. The summed E-state index contributed by atoms with van der Waals surface area (Å²) < 4.78 is 76.6. The normalized spacial score (nSPS) is 44.3. The summed E-state index contributed by atoms with van der Waals surface area (Å²) in [4.78, 5) is 0. The molecular weight excluding hydrogens is 404 g/mol. The first kappa shape index (κ1) is 22.6. The molecule has 0 spiro atoms. The van der Waals surface area contributed by atoms with E-state index in [1.165, 1.54) is 28.2 Å². The molecule has 0 aromatic carbocycles. The van der Waals surface area contributed by atoms with Crippen LogP contribution in [0.3, 0.4) is 0 Å². The van der Waals surface area contributed by atoms with Gasteiger partial charge in [0, 0.05) is 56.6 Å². The van der Waals surface area contributed by atoms with Crippen LogP contribution in [-0.2, 0) is 36.4 Å². The summed E-state index contributed by atoms with van der Waals surface area (Å²) in [5.74, 6) is 0. The topological polar surface area (TPSA) is 118 Å². The van der Waals surface area contributed by atoms with Gasteiger partial charge in [0.05, 0.1) is 0 Å². The van der Waals surface area contributed by atoms with Gasteiger partial charge >= 0.3 is 30.7 Å². The van der Waals surface area contributed by atoms with Crippen molar-refractivity contribution in [2.75, 3.05) is 56.6 Å². The fourth-order valence-electron chi connectivity index (χ4n) is 2.27. The van der Waals surface area contributed by atoms with E-state index >= 15 is 0 Å². The average Bonchev–Trinajstić information content (AvgIpc) is 2.61. The lowest BCUT2D eigenvalue weighted by Gasteiger charge is -2.48. The fourth-order valence-corrected chi connectivity index (χ4v) is 15.6. The summed E-state index contributed by atoms with van der Waals surface area (Å²) in [6.07, 6.45) is 0. The van der Waals surface area contributed by atoms with Gasteiger partial charge in [-0.1, -0.05) is 0 Å². The molecule has 0 unspecified atom stereocenters. The highest BCUT2D eigenvalue weighted by atomic mass is 31.3. The summed E-state index contributed by atoms with van der Waals surface area (Å²) in [5, 5.41) is 0. The Bertz CT molecular complexity index is 528. The van der Waals surface area contributed by atoms with Gasteiger partial charge in [-0.05, 0) is 0 Å². The first-order valence-corrected chi connectivity index (χ1v) is 12.6. The Labute approximate surface area is 142 Å². The van der Waals surface area contributed by atoms with Gasteiger partial charge in [-0.15, -0.1) is 17.8 Å². The fraction of sp³-hybridized carbons (Fsp3) is 1.00. The smallest absolute Gasteiger partial charge is 0.309 e. The maximum absolute atomic E-state index is 13.3. The Hall–Kier alpha value is 0.600. The molecule has 0 bridgehead atoms. The maximum atomic E-state index is 13.3. The molecule has 144 valence electrons. The zero-order valence-electron chi connectivity index (χ0n) is 14.8. The van der Waals surface area contributed by atoms with Gasteiger partial charge in [-0.2, -0.15) is 0 Å². The van der Waals surface area contributed by atoms with E-state index in [1.54, 1.807) is 0 Å². The standard InChI is InChI=1S/C8H24N4O8P4/c1-9-21(13,17-5)10(2)23(15,19-7)12(4)24(16,20-8)11(3)22(9,14)18-6/h1-8H3. The Balaban J connectivity index is 3.89. The zero-order valence-corrected chi connectivity index (χ0v) is 18.4. The molecule has 0 amide bonds. The van der Waals surface area contributed by atoms with Crippen LogP contribution in [0, 0.1) is 0 Å². The van der Waals surface area contributed by atoms with E-state index in [9.17, 15) is 18.3 Å². The van der Waals surface area contributed by atoms with E-state index in [-0.39, 0.29) is 0 Å². The molecule has 24 heavy (non-hydrogen) atoms. The molecule has 0 N–H and O–H groups in total. The van der Waals surface area contributed by atoms with Gasteiger partial charge in [0.25, 0.3) is 0 Å². The first-order chi connectivity index (χ1) is 10.9. The summed E-state index contributed by atoms with van der Waals surface area (Å²) in [5.41, 5.74) is 0. The van der Waals surface area contributed by atoms with Crippen molar-refractivity contribution < 1.29 is 36.4 Å². The predicted octanol–water partition coefficient (Wildman–Crippen LogP) is 2.75. The molecule has 0 saturated carbocycles. The van der Waals surface area contributed by atoms with Crippen molar-refractivity contribution in [2.24, 2.45) is 0 Å². The third-order valence-electron chi connectivity index (χ3n) is 3.88. The molecule has 1 aliphatic heterocycles. The monoisotopic (exact) mass is 428 g/mol. The van der Waals surface area contributed by atoms with Crippen LogP contribution < -0.4 is 0 Å². The molecule has 0 aromatic rings. The van der Waals surface area contributed by atoms with Gasteiger partial charge < -0.3 is 18.1 Å². The van der Waals surface area contributed by atoms with E-state index in [1.807, 2.05) is 0 Å². The third-order valence-corrected chi connectivity index (χ3v) is 17.1. The molecule has 16 heteroatoms. The number of nitrogens with zero attached hydrogens (tertiary/aromatic N) is 4. The van der Waals surface area contributed by atoms with Crippen molar-refractivity contribution >= 4 is 30.7 Å². The number of hydrogen-bond donors (Lipinski definition) is 0. The zero-order chi connectivity index (χ0) is 19.1. The largest absolute Gasteiger partial charge is 0.362 e. The lowest BCUT2D eigenvalue weighted by molar-refractivity contribution is 0.243. The summed E-state index contributed by atoms with van der Waals surface area (Å²) in [6, 6.07) is 0. The van der Waals surface area contributed by atoms with Crippen LogP contribution in [0.4, 0.5) is 0 Å². The molecule has 1 saturated heterocycles. The minimum Gasteiger partial charge on any atom is -0.309 e. The second kappa shape index (κ2) is 7.31. The lowest BCUT2D eigenvalue weighted by atomic mass is 11.6. The molecule has 12 nitrogen and oxygen atoms in total. The molecule has 1 fully saturated rings. The summed E-state index contributed by atoms with van der Waals surface area (Å²) in [7, 11) is -7.38. The van der Waals surface area contributed by atoms with Crippen LogP contribution in [0.25, 0.3) is 0 Å². The Kier molecular flexibility index (Phi) is 6.90. The molecule has 1 rings (SSSR count). The summed E-state index contributed by atoms with van der Waals surface area (Å²) >= 11 is 0. The van der Waals surface area contributed by atoms with Crippen LogP contribution in [0.5, 0.6) is 0 Å². The van der Waals surface area contributed by atoms with Gasteiger partial charge in [0.2, 0.25) is 0 Å². The Morgan fingerprint density at radius 1 is 0.458 bits per heavy atom. The second-order valence-corrected chi connectivity index (χ2v) is 16.1. The second-order valence-electron chi connectivity index (χ2n) is 4.65. The molecule has 0 aliphatic carbocycles. The number of hydrogen-bond acceptors (Lipinski definition) is 8. The Morgan fingerprint density at radius 3 is 0.667 bits per heavy atom. The van der Waals surface area contributed by atoms with Gasteiger partial charge in [-0.3, -0.25) is 18.3 Å². The lowest BCUT2D eigenvalue weighted by Crippen LogP contribution is -2.38. The van der Waals surface area contributed by atoms with Crippen molar-refractivity contribution in [1.29, 1.82) is 0 Å². The van der Waals surface area contributed by atoms with E-state index in [4.69, 9.17) is 18.1 Å². The van der Waals surface area contributed by atoms with Crippen LogP contribution in [0.2, 0.25) is 0 Å². The molecule has 0 radical (unpaired) electrons. The summed E-state index contributed by atoms with van der Waals surface area (Å²) in [6.45, 7) is 0. The van der Waals surface area contributed by atoms with E-state index in [0.717, 1.165) is 46.2 Å². The maximum Gasteiger partial charge on any atom is 0.362 e. The minimum absolute atomic E-state index is 0.782. The highest BCUT2D eigenvalue weighted by Crippen LogP contribution is 2.85. The van der Waals surface area contributed by atoms with Gasteiger partial charge in [0.15, 0.2) is 0 Å². The molecule has 1 aliphatic rings. The van der Waals surface area contributed by atoms with Crippen LogP contribution in [0.15, 0.2) is 0 Å². The van der Waals surface area contributed by atoms with Gasteiger partial charge in [0.1, 0.15) is 0 Å². The Morgan fingerprint density at radius 2 is 0.583 bits per heavy atom. The number of rotatable bonds is 4. The average molecular weight is 428 g/mol. The molecule has 1 heterocycles. The quantitative estimate of drug-likeness (QED) is 0.613. The third kappa shape index (κ3) is 2.87. The van der Waals surface area contributed by atoms with Crippen molar-refractivity contribution in [3.63, 3.8) is 0 Å². The van der Waals surface area contributed by atoms with Crippen molar-refractivity contribution in [1.82, 2.24) is 17.8 Å². The molecule has 0 aromatic heterocycles. The first-order valence-electron chi connectivity index (χ1n) is 6.48. The van der Waals surface area contributed by atoms with E-state index < -0.39 is 30.7 Å².